The van der Waals surface area contributed by atoms with Crippen molar-refractivity contribution in [2.75, 3.05) is 12.3 Å². The molecular formula is C24H24ClNO3S. The molecule has 156 valence electrons. The average Bonchev–Trinajstić information content (AvgIpc) is 2.77. The van der Waals surface area contributed by atoms with Crippen molar-refractivity contribution in [3.8, 4) is 0 Å². The molecule has 1 amide bonds. The minimum Gasteiger partial charge on any atom is -0.356 e. The molecule has 0 fully saturated rings. The summed E-state index contributed by atoms with van der Waals surface area (Å²) >= 11 is 5.80. The Kier molecular flexibility index (Phi) is 7.66. The van der Waals surface area contributed by atoms with Crippen LogP contribution < -0.4 is 5.32 Å². The molecule has 3 aromatic carbocycles. The van der Waals surface area contributed by atoms with Crippen molar-refractivity contribution in [1.29, 1.82) is 0 Å². The van der Waals surface area contributed by atoms with Gasteiger partial charge in [-0.1, -0.05) is 72.3 Å². The molecule has 30 heavy (non-hydrogen) atoms. The Labute approximate surface area is 182 Å². The number of nitrogens with one attached hydrogen (secondary N) is 1. The molecule has 0 aliphatic carbocycles. The van der Waals surface area contributed by atoms with E-state index in [1.807, 2.05) is 36.4 Å². The van der Waals surface area contributed by atoms with Gasteiger partial charge in [0.1, 0.15) is 0 Å². The maximum atomic E-state index is 12.4. The largest absolute Gasteiger partial charge is 0.356 e. The third-order valence-electron chi connectivity index (χ3n) is 4.93. The fraction of sp³-hybridized carbons (Fsp3) is 0.208. The van der Waals surface area contributed by atoms with E-state index < -0.39 is 9.84 Å². The highest BCUT2D eigenvalue weighted by atomic mass is 35.5. The fourth-order valence-electron chi connectivity index (χ4n) is 3.33. The van der Waals surface area contributed by atoms with Gasteiger partial charge in [0.2, 0.25) is 5.91 Å². The van der Waals surface area contributed by atoms with Crippen molar-refractivity contribution in [1.82, 2.24) is 5.32 Å². The lowest BCUT2D eigenvalue weighted by atomic mass is 9.88. The Morgan fingerprint density at radius 2 is 1.37 bits per heavy atom. The van der Waals surface area contributed by atoms with Gasteiger partial charge in [-0.15, -0.1) is 0 Å². The van der Waals surface area contributed by atoms with E-state index >= 15 is 0 Å². The van der Waals surface area contributed by atoms with Crippen LogP contribution in [0.4, 0.5) is 0 Å². The number of benzene rings is 3. The maximum absolute atomic E-state index is 12.4. The van der Waals surface area contributed by atoms with Crippen LogP contribution in [0.1, 0.15) is 29.9 Å². The zero-order valence-electron chi connectivity index (χ0n) is 16.5. The van der Waals surface area contributed by atoms with Crippen molar-refractivity contribution in [3.05, 3.63) is 101 Å². The van der Waals surface area contributed by atoms with Crippen LogP contribution in [0.3, 0.4) is 0 Å². The third-order valence-corrected chi connectivity index (χ3v) is 6.91. The van der Waals surface area contributed by atoms with Gasteiger partial charge >= 0.3 is 0 Å². The predicted octanol–water partition coefficient (Wildman–Crippen LogP) is 4.84. The smallest absolute Gasteiger partial charge is 0.221 e. The molecule has 0 aliphatic heterocycles. The molecule has 4 nitrogen and oxygen atoms in total. The quantitative estimate of drug-likeness (QED) is 0.516. The lowest BCUT2D eigenvalue weighted by Crippen LogP contribution is -2.27. The summed E-state index contributed by atoms with van der Waals surface area (Å²) in [6.45, 7) is 0.467. The van der Waals surface area contributed by atoms with E-state index in [4.69, 9.17) is 11.6 Å². The van der Waals surface area contributed by atoms with Crippen LogP contribution in [0.2, 0.25) is 5.02 Å². The van der Waals surface area contributed by atoms with Gasteiger partial charge in [0.15, 0.2) is 9.84 Å². The van der Waals surface area contributed by atoms with Gasteiger partial charge in [-0.25, -0.2) is 8.42 Å². The Balaban J connectivity index is 1.55. The highest BCUT2D eigenvalue weighted by molar-refractivity contribution is 7.91. The second kappa shape index (κ2) is 10.4. The van der Waals surface area contributed by atoms with Crippen LogP contribution in [0.25, 0.3) is 0 Å². The second-order valence-electron chi connectivity index (χ2n) is 7.04. The van der Waals surface area contributed by atoms with Crippen molar-refractivity contribution >= 4 is 27.3 Å². The molecule has 0 bridgehead atoms. The Hall–Kier alpha value is -2.63. The maximum Gasteiger partial charge on any atom is 0.221 e. The molecule has 3 aromatic rings. The van der Waals surface area contributed by atoms with Crippen molar-refractivity contribution in [2.45, 2.75) is 23.7 Å². The first-order chi connectivity index (χ1) is 14.5. The molecule has 6 heteroatoms. The normalized spacial score (nSPS) is 11.4. The number of amides is 1. The molecular weight excluding hydrogens is 418 g/mol. The summed E-state index contributed by atoms with van der Waals surface area (Å²) in [6.07, 6.45) is 0.649. The minimum absolute atomic E-state index is 0.0771. The van der Waals surface area contributed by atoms with Gasteiger partial charge in [0, 0.05) is 23.9 Å². The predicted molar refractivity (Wildman–Crippen MR) is 120 cm³/mol. The minimum atomic E-state index is -3.52. The van der Waals surface area contributed by atoms with Gasteiger partial charge in [0.05, 0.1) is 10.6 Å². The van der Waals surface area contributed by atoms with Crippen molar-refractivity contribution in [2.24, 2.45) is 0 Å². The third kappa shape index (κ3) is 6.18. The first kappa shape index (κ1) is 22.1. The Morgan fingerprint density at radius 1 is 0.833 bits per heavy atom. The van der Waals surface area contributed by atoms with Crippen LogP contribution in [0, 0.1) is 0 Å². The van der Waals surface area contributed by atoms with Crippen LogP contribution in [-0.2, 0) is 14.6 Å². The van der Waals surface area contributed by atoms with Crippen LogP contribution in [0.15, 0.2) is 89.8 Å². The van der Waals surface area contributed by atoms with E-state index in [-0.39, 0.29) is 28.9 Å². The second-order valence-corrected chi connectivity index (χ2v) is 9.58. The number of hydrogen-bond acceptors (Lipinski definition) is 3. The van der Waals surface area contributed by atoms with Crippen molar-refractivity contribution in [3.63, 3.8) is 0 Å². The molecule has 0 aliphatic rings. The Bertz CT molecular complexity index is 1010. The highest BCUT2D eigenvalue weighted by Gasteiger charge is 2.17. The summed E-state index contributed by atoms with van der Waals surface area (Å²) in [6, 6.07) is 26.3. The van der Waals surface area contributed by atoms with Gasteiger partial charge in [0.25, 0.3) is 0 Å². The first-order valence-corrected chi connectivity index (χ1v) is 11.8. The average molecular weight is 442 g/mol. The molecule has 0 heterocycles. The molecule has 3 rings (SSSR count). The zero-order valence-corrected chi connectivity index (χ0v) is 18.1. The van der Waals surface area contributed by atoms with E-state index in [0.717, 1.165) is 6.42 Å². The van der Waals surface area contributed by atoms with E-state index in [2.05, 4.69) is 29.6 Å². The van der Waals surface area contributed by atoms with E-state index in [9.17, 15) is 13.2 Å². The van der Waals surface area contributed by atoms with Crippen LogP contribution in [-0.4, -0.2) is 26.6 Å². The number of rotatable bonds is 9. The molecule has 1 N–H and O–H groups in total. The monoisotopic (exact) mass is 441 g/mol. The highest BCUT2D eigenvalue weighted by Crippen LogP contribution is 2.27. The molecule has 0 aromatic heterocycles. The molecule has 0 atom stereocenters. The molecule has 0 unspecified atom stereocenters. The summed E-state index contributed by atoms with van der Waals surface area (Å²) in [4.78, 5) is 12.4. The van der Waals surface area contributed by atoms with E-state index in [1.165, 1.54) is 35.4 Å². The molecule has 0 saturated heterocycles. The zero-order chi connectivity index (χ0) is 21.4. The lowest BCUT2D eigenvalue weighted by Gasteiger charge is -2.18. The Morgan fingerprint density at radius 3 is 1.90 bits per heavy atom. The lowest BCUT2D eigenvalue weighted by molar-refractivity contribution is -0.120. The van der Waals surface area contributed by atoms with Gasteiger partial charge in [-0.2, -0.15) is 0 Å². The number of hydrogen-bond donors (Lipinski definition) is 1. The number of halogens is 1. The van der Waals surface area contributed by atoms with Crippen molar-refractivity contribution < 1.29 is 13.2 Å². The van der Waals surface area contributed by atoms with E-state index in [1.54, 1.807) is 0 Å². The summed E-state index contributed by atoms with van der Waals surface area (Å²) in [7, 11) is -3.52. The number of sulfone groups is 1. The topological polar surface area (TPSA) is 63.2 Å². The first-order valence-electron chi connectivity index (χ1n) is 9.80. The van der Waals surface area contributed by atoms with Gasteiger partial charge in [-0.05, 0) is 41.8 Å². The van der Waals surface area contributed by atoms with Gasteiger partial charge < -0.3 is 5.32 Å². The summed E-state index contributed by atoms with van der Waals surface area (Å²) in [5.74, 6) is -0.348. The summed E-state index contributed by atoms with van der Waals surface area (Å²) < 4.78 is 24.8. The molecule has 0 spiro atoms. The standard InChI is InChI=1S/C24H24ClNO3S/c25-21-11-13-22(14-12-21)30(28,29)18-16-24(27)26-17-15-23(19-7-3-1-4-8-19)20-9-5-2-6-10-20/h1-14,23H,15-18H2,(H,26,27). The molecule has 0 saturated carbocycles. The van der Waals surface area contributed by atoms with E-state index in [0.29, 0.717) is 11.6 Å². The van der Waals surface area contributed by atoms with Gasteiger partial charge in [-0.3, -0.25) is 4.79 Å². The van der Waals surface area contributed by atoms with Crippen LogP contribution in [0.5, 0.6) is 0 Å². The summed E-state index contributed by atoms with van der Waals surface area (Å²) in [5.41, 5.74) is 2.37. The summed E-state index contributed by atoms with van der Waals surface area (Å²) in [5, 5.41) is 3.33. The fourth-order valence-corrected chi connectivity index (χ4v) is 4.69. The SMILES string of the molecule is O=C(CCS(=O)(=O)c1ccc(Cl)cc1)NCCC(c1ccccc1)c1ccccc1. The number of carbonyl (C=O) groups excluding carboxylic acids is 1. The molecule has 0 radical (unpaired) electrons. The number of carbonyl (C=O) groups is 1. The van der Waals surface area contributed by atoms with Crippen LogP contribution >= 0.6 is 11.6 Å².